The van der Waals surface area contributed by atoms with Gasteiger partial charge in [0, 0.05) is 6.08 Å². The van der Waals surface area contributed by atoms with E-state index in [4.69, 9.17) is 9.47 Å². The van der Waals surface area contributed by atoms with Crippen LogP contribution in [0.15, 0.2) is 59.6 Å². The summed E-state index contributed by atoms with van der Waals surface area (Å²) in [4.78, 5) is 40.4. The van der Waals surface area contributed by atoms with Crippen molar-refractivity contribution in [2.75, 3.05) is 14.2 Å². The summed E-state index contributed by atoms with van der Waals surface area (Å²) in [5.41, 5.74) is 1.90. The molecule has 0 aliphatic heterocycles. The van der Waals surface area contributed by atoms with E-state index in [1.807, 2.05) is 30.3 Å². The third kappa shape index (κ3) is 4.85. The topological polar surface area (TPSA) is 87.0 Å². The van der Waals surface area contributed by atoms with Crippen LogP contribution in [0.2, 0.25) is 0 Å². The second-order valence-corrected chi connectivity index (χ2v) is 6.92. The van der Waals surface area contributed by atoms with Crippen LogP contribution in [0.4, 0.5) is 0 Å². The van der Waals surface area contributed by atoms with Crippen LogP contribution in [0.1, 0.15) is 15.9 Å². The maximum atomic E-state index is 12.3. The van der Waals surface area contributed by atoms with Crippen LogP contribution in [0.25, 0.3) is 16.3 Å². The lowest BCUT2D eigenvalue weighted by molar-refractivity contribution is -0.141. The van der Waals surface area contributed by atoms with Crippen molar-refractivity contribution in [3.05, 3.63) is 70.5 Å². The van der Waals surface area contributed by atoms with Gasteiger partial charge < -0.3 is 14.0 Å². The molecule has 0 N–H and O–H groups in total. The predicted octanol–water partition coefficient (Wildman–Crippen LogP) is 2.80. The molecular formula is C21H18N2O5S. The largest absolute Gasteiger partial charge is 0.468 e. The first-order valence-electron chi connectivity index (χ1n) is 8.62. The number of amides is 1. The molecule has 1 aromatic heterocycles. The Kier molecular flexibility index (Phi) is 6.36. The molecule has 0 atom stereocenters. The molecule has 3 aromatic rings. The molecule has 0 radical (unpaired) electrons. The van der Waals surface area contributed by atoms with Crippen LogP contribution < -0.4 is 4.80 Å². The number of hydrogen-bond donors (Lipinski definition) is 0. The first kappa shape index (κ1) is 20.2. The number of fused-ring (bicyclic) bond motifs is 1. The zero-order chi connectivity index (χ0) is 20.8. The molecule has 0 spiro atoms. The number of carbonyl (C=O) groups is 3. The molecule has 8 heteroatoms. The fourth-order valence-electron chi connectivity index (χ4n) is 2.61. The first-order valence-corrected chi connectivity index (χ1v) is 9.44. The monoisotopic (exact) mass is 410 g/mol. The highest BCUT2D eigenvalue weighted by atomic mass is 32.1. The van der Waals surface area contributed by atoms with E-state index >= 15 is 0 Å². The second-order valence-electron chi connectivity index (χ2n) is 5.92. The SMILES string of the molecule is COC(=O)Cn1c(=NC(=O)/C=C/c2ccccc2)sc2cc(C(=O)OC)ccc21. The number of esters is 2. The molecule has 0 saturated heterocycles. The third-order valence-electron chi connectivity index (χ3n) is 4.04. The molecule has 1 heterocycles. The van der Waals surface area contributed by atoms with E-state index in [-0.39, 0.29) is 6.54 Å². The van der Waals surface area contributed by atoms with Crippen molar-refractivity contribution < 1.29 is 23.9 Å². The predicted molar refractivity (Wildman–Crippen MR) is 109 cm³/mol. The molecule has 2 aromatic carbocycles. The Morgan fingerprint density at radius 3 is 2.52 bits per heavy atom. The average Bonchev–Trinajstić information content (AvgIpc) is 3.08. The number of ether oxygens (including phenoxy) is 2. The van der Waals surface area contributed by atoms with Crippen LogP contribution in [-0.4, -0.2) is 36.6 Å². The molecular weight excluding hydrogens is 392 g/mol. The number of carbonyl (C=O) groups excluding carboxylic acids is 3. The third-order valence-corrected chi connectivity index (χ3v) is 5.08. The minimum absolute atomic E-state index is 0.109. The first-order chi connectivity index (χ1) is 14.0. The summed E-state index contributed by atoms with van der Waals surface area (Å²) in [5, 5.41) is 0. The molecule has 0 unspecified atom stereocenters. The van der Waals surface area contributed by atoms with Gasteiger partial charge in [0.15, 0.2) is 4.80 Å². The van der Waals surface area contributed by atoms with Crippen molar-refractivity contribution in [1.82, 2.24) is 4.57 Å². The van der Waals surface area contributed by atoms with Crippen molar-refractivity contribution in [1.29, 1.82) is 0 Å². The van der Waals surface area contributed by atoms with Gasteiger partial charge in [-0.15, -0.1) is 0 Å². The number of nitrogens with zero attached hydrogens (tertiary/aromatic N) is 2. The molecule has 3 rings (SSSR count). The van der Waals surface area contributed by atoms with Crippen molar-refractivity contribution in [3.8, 4) is 0 Å². The molecule has 7 nitrogen and oxygen atoms in total. The Bertz CT molecular complexity index is 1160. The van der Waals surface area contributed by atoms with E-state index < -0.39 is 17.8 Å². The summed E-state index contributed by atoms with van der Waals surface area (Å²) in [7, 11) is 2.59. The Labute approximate surface area is 170 Å². The molecule has 29 heavy (non-hydrogen) atoms. The van der Waals surface area contributed by atoms with Crippen molar-refractivity contribution >= 4 is 45.5 Å². The van der Waals surface area contributed by atoms with Gasteiger partial charge in [-0.1, -0.05) is 41.7 Å². The van der Waals surface area contributed by atoms with Crippen LogP contribution in [-0.2, 0) is 25.6 Å². The maximum Gasteiger partial charge on any atom is 0.337 e. The van der Waals surface area contributed by atoms with Crippen LogP contribution in [0, 0.1) is 0 Å². The van der Waals surface area contributed by atoms with Crippen molar-refractivity contribution in [2.45, 2.75) is 6.54 Å². The smallest absolute Gasteiger partial charge is 0.337 e. The number of hydrogen-bond acceptors (Lipinski definition) is 6. The Balaban J connectivity index is 2.04. The van der Waals surface area contributed by atoms with E-state index in [0.717, 1.165) is 5.56 Å². The van der Waals surface area contributed by atoms with Gasteiger partial charge in [0.2, 0.25) is 0 Å². The summed E-state index contributed by atoms with van der Waals surface area (Å²) in [6.07, 6.45) is 3.03. The molecule has 1 amide bonds. The second kappa shape index (κ2) is 9.11. The highest BCUT2D eigenvalue weighted by molar-refractivity contribution is 7.16. The summed E-state index contributed by atoms with van der Waals surface area (Å²) in [5.74, 6) is -1.41. The Hall–Kier alpha value is -3.52. The van der Waals surface area contributed by atoms with E-state index in [0.29, 0.717) is 20.6 Å². The molecule has 148 valence electrons. The van der Waals surface area contributed by atoms with Gasteiger partial charge in [-0.25, -0.2) is 4.79 Å². The molecule has 0 bridgehead atoms. The highest BCUT2D eigenvalue weighted by Crippen LogP contribution is 2.20. The zero-order valence-corrected chi connectivity index (χ0v) is 16.6. The quantitative estimate of drug-likeness (QED) is 0.477. The van der Waals surface area contributed by atoms with E-state index in [2.05, 4.69) is 4.99 Å². The highest BCUT2D eigenvalue weighted by Gasteiger charge is 2.14. The standard InChI is InChI=1S/C21H18N2O5S/c1-27-19(25)13-23-16-10-9-15(20(26)28-2)12-17(16)29-21(23)22-18(24)11-8-14-6-4-3-5-7-14/h3-12H,13H2,1-2H3/b11-8+,22-21?. The minimum atomic E-state index is -0.476. The normalized spacial score (nSPS) is 11.7. The van der Waals surface area contributed by atoms with Gasteiger partial charge >= 0.3 is 11.9 Å². The summed E-state index contributed by atoms with van der Waals surface area (Å²) in [6, 6.07) is 14.3. The van der Waals surface area contributed by atoms with Crippen LogP contribution in [0.5, 0.6) is 0 Å². The molecule has 0 aliphatic rings. The van der Waals surface area contributed by atoms with Gasteiger partial charge in [-0.3, -0.25) is 9.59 Å². The van der Waals surface area contributed by atoms with E-state index in [9.17, 15) is 14.4 Å². The van der Waals surface area contributed by atoms with Crippen LogP contribution >= 0.6 is 11.3 Å². The van der Waals surface area contributed by atoms with Crippen molar-refractivity contribution in [3.63, 3.8) is 0 Å². The number of thiazole rings is 1. The number of aromatic nitrogens is 1. The molecule has 0 aliphatic carbocycles. The van der Waals surface area contributed by atoms with E-state index in [1.165, 1.54) is 31.6 Å². The zero-order valence-electron chi connectivity index (χ0n) is 15.8. The van der Waals surface area contributed by atoms with Gasteiger partial charge in [0.05, 0.1) is 30.0 Å². The number of methoxy groups -OCH3 is 2. The van der Waals surface area contributed by atoms with Gasteiger partial charge in [-0.05, 0) is 29.8 Å². The van der Waals surface area contributed by atoms with Crippen molar-refractivity contribution in [2.24, 2.45) is 4.99 Å². The van der Waals surface area contributed by atoms with Gasteiger partial charge in [0.25, 0.3) is 5.91 Å². The van der Waals surface area contributed by atoms with Gasteiger partial charge in [0.1, 0.15) is 6.54 Å². The molecule has 0 fully saturated rings. The summed E-state index contributed by atoms with van der Waals surface area (Å²) in [6.45, 7) is -0.109. The molecule has 0 saturated carbocycles. The minimum Gasteiger partial charge on any atom is -0.468 e. The van der Waals surface area contributed by atoms with Gasteiger partial charge in [-0.2, -0.15) is 4.99 Å². The van der Waals surface area contributed by atoms with E-state index in [1.54, 1.807) is 28.8 Å². The van der Waals surface area contributed by atoms with Crippen LogP contribution in [0.3, 0.4) is 0 Å². The lowest BCUT2D eigenvalue weighted by Gasteiger charge is -2.04. The maximum absolute atomic E-state index is 12.3. The average molecular weight is 410 g/mol. The fourth-order valence-corrected chi connectivity index (χ4v) is 3.69. The Morgan fingerprint density at radius 1 is 1.07 bits per heavy atom. The summed E-state index contributed by atoms with van der Waals surface area (Å²) < 4.78 is 11.8. The number of rotatable bonds is 5. The Morgan fingerprint density at radius 2 is 1.83 bits per heavy atom. The summed E-state index contributed by atoms with van der Waals surface area (Å²) >= 11 is 1.19. The lowest BCUT2D eigenvalue weighted by Crippen LogP contribution is -2.22. The lowest BCUT2D eigenvalue weighted by atomic mass is 10.2. The fraction of sp³-hybridized carbons (Fsp3) is 0.143. The number of benzene rings is 2.